The van der Waals surface area contributed by atoms with Crippen molar-refractivity contribution in [3.8, 4) is 11.5 Å². The minimum absolute atomic E-state index is 0.0850. The number of methoxy groups -OCH3 is 2. The van der Waals surface area contributed by atoms with E-state index in [0.717, 1.165) is 34.5 Å². The van der Waals surface area contributed by atoms with E-state index in [1.165, 1.54) is 0 Å². The first kappa shape index (κ1) is 18.6. The summed E-state index contributed by atoms with van der Waals surface area (Å²) in [5, 5.41) is 6.18. The van der Waals surface area contributed by atoms with Gasteiger partial charge in [0.15, 0.2) is 11.5 Å². The van der Waals surface area contributed by atoms with E-state index in [0.29, 0.717) is 11.5 Å². The Morgan fingerprint density at radius 2 is 1.72 bits per heavy atom. The molecular formula is C20H26N2O3. The molecule has 0 saturated heterocycles. The van der Waals surface area contributed by atoms with Crippen molar-refractivity contribution in [2.24, 2.45) is 0 Å². The van der Waals surface area contributed by atoms with E-state index in [1.54, 1.807) is 14.2 Å². The van der Waals surface area contributed by atoms with Crippen LogP contribution in [0.25, 0.3) is 0 Å². The molecule has 5 heteroatoms. The highest BCUT2D eigenvalue weighted by Crippen LogP contribution is 2.32. The molecule has 0 unspecified atom stereocenters. The van der Waals surface area contributed by atoms with E-state index in [4.69, 9.17) is 9.47 Å². The molecule has 0 bridgehead atoms. The molecule has 0 spiro atoms. The lowest BCUT2D eigenvalue weighted by atomic mass is 10.1. The predicted octanol–water partition coefficient (Wildman–Crippen LogP) is 3.93. The number of carbonyl (C=O) groups is 1. The summed E-state index contributed by atoms with van der Waals surface area (Å²) >= 11 is 0. The van der Waals surface area contributed by atoms with Crippen molar-refractivity contribution in [1.29, 1.82) is 0 Å². The predicted molar refractivity (Wildman–Crippen MR) is 102 cm³/mol. The maximum Gasteiger partial charge on any atom is 0.243 e. The number of hydrogen-bond donors (Lipinski definition) is 2. The average Bonchev–Trinajstić information content (AvgIpc) is 2.61. The van der Waals surface area contributed by atoms with Crippen molar-refractivity contribution in [3.05, 3.63) is 47.0 Å². The number of amides is 1. The molecule has 2 N–H and O–H groups in total. The molecule has 5 nitrogen and oxygen atoms in total. The molecule has 0 aliphatic rings. The van der Waals surface area contributed by atoms with Gasteiger partial charge in [-0.25, -0.2) is 0 Å². The van der Waals surface area contributed by atoms with E-state index in [1.807, 2.05) is 44.2 Å². The van der Waals surface area contributed by atoms with Crippen LogP contribution in [-0.4, -0.2) is 26.7 Å². The summed E-state index contributed by atoms with van der Waals surface area (Å²) in [6.45, 7) is 6.21. The lowest BCUT2D eigenvalue weighted by molar-refractivity contribution is -0.114. The minimum atomic E-state index is -0.0850. The van der Waals surface area contributed by atoms with Crippen LogP contribution in [0.5, 0.6) is 11.5 Å². The maximum atomic E-state index is 12.4. The Labute approximate surface area is 149 Å². The third-order valence-electron chi connectivity index (χ3n) is 4.17. The third kappa shape index (κ3) is 4.44. The summed E-state index contributed by atoms with van der Waals surface area (Å²) in [5.41, 5.74) is 4.93. The maximum absolute atomic E-state index is 12.4. The first-order chi connectivity index (χ1) is 12.0. The van der Waals surface area contributed by atoms with Crippen LogP contribution in [0.1, 0.15) is 23.6 Å². The molecule has 0 aromatic heterocycles. The third-order valence-corrected chi connectivity index (χ3v) is 4.17. The van der Waals surface area contributed by atoms with Crippen LogP contribution in [0.4, 0.5) is 11.4 Å². The van der Waals surface area contributed by atoms with Crippen LogP contribution in [0.15, 0.2) is 30.3 Å². The summed E-state index contributed by atoms with van der Waals surface area (Å²) in [6, 6.07) is 9.77. The Morgan fingerprint density at radius 3 is 2.36 bits per heavy atom. The molecule has 0 aliphatic heterocycles. The van der Waals surface area contributed by atoms with E-state index >= 15 is 0 Å². The van der Waals surface area contributed by atoms with Gasteiger partial charge in [-0.15, -0.1) is 0 Å². The number of benzene rings is 2. The molecule has 0 fully saturated rings. The number of anilines is 2. The van der Waals surface area contributed by atoms with Gasteiger partial charge in [-0.05, 0) is 43.0 Å². The zero-order valence-electron chi connectivity index (χ0n) is 15.5. The molecule has 0 atom stereocenters. The van der Waals surface area contributed by atoms with Gasteiger partial charge in [0.25, 0.3) is 0 Å². The number of para-hydroxylation sites is 1. The van der Waals surface area contributed by atoms with Gasteiger partial charge in [0.1, 0.15) is 0 Å². The van der Waals surface area contributed by atoms with Crippen LogP contribution < -0.4 is 20.1 Å². The number of carbonyl (C=O) groups excluding carboxylic acids is 1. The van der Waals surface area contributed by atoms with Gasteiger partial charge in [-0.1, -0.05) is 25.1 Å². The van der Waals surface area contributed by atoms with E-state index in [-0.39, 0.29) is 12.5 Å². The summed E-state index contributed by atoms with van der Waals surface area (Å²) in [7, 11) is 3.19. The second-order valence-electron chi connectivity index (χ2n) is 5.89. The molecule has 0 saturated carbocycles. The van der Waals surface area contributed by atoms with Gasteiger partial charge in [0, 0.05) is 17.4 Å². The Morgan fingerprint density at radius 1 is 1.04 bits per heavy atom. The zero-order valence-corrected chi connectivity index (χ0v) is 15.5. The lowest BCUT2D eigenvalue weighted by Gasteiger charge is -2.16. The number of aryl methyl sites for hydroxylation is 3. The van der Waals surface area contributed by atoms with Crippen molar-refractivity contribution < 1.29 is 14.3 Å². The fourth-order valence-electron chi connectivity index (χ4n) is 2.73. The van der Waals surface area contributed by atoms with Crippen LogP contribution in [-0.2, 0) is 11.2 Å². The van der Waals surface area contributed by atoms with Gasteiger partial charge >= 0.3 is 0 Å². The summed E-state index contributed by atoms with van der Waals surface area (Å²) in [5.74, 6) is 1.21. The molecule has 0 heterocycles. The normalized spacial score (nSPS) is 10.3. The topological polar surface area (TPSA) is 59.6 Å². The second-order valence-corrected chi connectivity index (χ2v) is 5.89. The van der Waals surface area contributed by atoms with Gasteiger partial charge < -0.3 is 20.1 Å². The molecule has 2 aromatic rings. The van der Waals surface area contributed by atoms with Crippen molar-refractivity contribution in [1.82, 2.24) is 0 Å². The van der Waals surface area contributed by atoms with Crippen molar-refractivity contribution >= 4 is 17.3 Å². The number of hydrogen-bond acceptors (Lipinski definition) is 4. The molecular weight excluding hydrogens is 316 g/mol. The number of nitrogens with one attached hydrogen (secondary N) is 2. The Bertz CT molecular complexity index is 757. The van der Waals surface area contributed by atoms with Crippen molar-refractivity contribution in [3.63, 3.8) is 0 Å². The molecule has 0 aliphatic carbocycles. The smallest absolute Gasteiger partial charge is 0.243 e. The summed E-state index contributed by atoms with van der Waals surface area (Å²) in [6.07, 6.45) is 0.875. The molecule has 0 radical (unpaired) electrons. The standard InChI is InChI=1S/C20H26N2O3/c1-6-15-9-7-8-13(2)20(15)22-19(23)12-21-16-11-18(25-5)17(24-4)10-14(16)3/h7-11,21H,6,12H2,1-5H3,(H,22,23). The van der Waals surface area contributed by atoms with Crippen molar-refractivity contribution in [2.45, 2.75) is 27.2 Å². The molecule has 25 heavy (non-hydrogen) atoms. The monoisotopic (exact) mass is 342 g/mol. The van der Waals surface area contributed by atoms with Crippen LogP contribution in [0.3, 0.4) is 0 Å². The van der Waals surface area contributed by atoms with E-state index < -0.39 is 0 Å². The first-order valence-electron chi connectivity index (χ1n) is 8.35. The second kappa shape index (κ2) is 8.42. The average molecular weight is 342 g/mol. The zero-order chi connectivity index (χ0) is 18.4. The van der Waals surface area contributed by atoms with Crippen LogP contribution >= 0.6 is 0 Å². The molecule has 134 valence electrons. The largest absolute Gasteiger partial charge is 0.493 e. The quantitative estimate of drug-likeness (QED) is 0.800. The minimum Gasteiger partial charge on any atom is -0.493 e. The van der Waals surface area contributed by atoms with Crippen molar-refractivity contribution in [2.75, 3.05) is 31.4 Å². The summed E-state index contributed by atoms with van der Waals surface area (Å²) in [4.78, 5) is 12.4. The number of ether oxygens (including phenoxy) is 2. The van der Waals surface area contributed by atoms with Gasteiger partial charge in [-0.2, -0.15) is 0 Å². The highest BCUT2D eigenvalue weighted by molar-refractivity contribution is 5.95. The lowest BCUT2D eigenvalue weighted by Crippen LogP contribution is -2.23. The van der Waals surface area contributed by atoms with Gasteiger partial charge in [0.05, 0.1) is 20.8 Å². The molecule has 2 aromatic carbocycles. The Hall–Kier alpha value is -2.69. The highest BCUT2D eigenvalue weighted by Gasteiger charge is 2.11. The first-order valence-corrected chi connectivity index (χ1v) is 8.35. The van der Waals surface area contributed by atoms with Gasteiger partial charge in [-0.3, -0.25) is 4.79 Å². The Balaban J connectivity index is 2.08. The SMILES string of the molecule is CCc1cccc(C)c1NC(=O)CNc1cc(OC)c(OC)cc1C. The molecule has 1 amide bonds. The Kier molecular flexibility index (Phi) is 6.28. The van der Waals surface area contributed by atoms with E-state index in [9.17, 15) is 4.79 Å². The molecule has 2 rings (SSSR count). The fourth-order valence-corrected chi connectivity index (χ4v) is 2.73. The fraction of sp³-hybridized carbons (Fsp3) is 0.350. The van der Waals surface area contributed by atoms with E-state index in [2.05, 4.69) is 17.6 Å². The van der Waals surface area contributed by atoms with Crippen LogP contribution in [0.2, 0.25) is 0 Å². The van der Waals surface area contributed by atoms with Crippen LogP contribution in [0, 0.1) is 13.8 Å². The highest BCUT2D eigenvalue weighted by atomic mass is 16.5. The summed E-state index contributed by atoms with van der Waals surface area (Å²) < 4.78 is 10.6. The number of rotatable bonds is 7. The van der Waals surface area contributed by atoms with Gasteiger partial charge in [0.2, 0.25) is 5.91 Å².